The second-order valence-corrected chi connectivity index (χ2v) is 6.88. The molecule has 1 heterocycles. The first kappa shape index (κ1) is 20.6. The summed E-state index contributed by atoms with van der Waals surface area (Å²) in [4.78, 5) is 25.1. The van der Waals surface area contributed by atoms with E-state index >= 15 is 0 Å². The van der Waals surface area contributed by atoms with Gasteiger partial charge in [0.15, 0.2) is 5.71 Å². The lowest BCUT2D eigenvalue weighted by molar-refractivity contribution is -0.135. The first-order chi connectivity index (χ1) is 14.3. The molecule has 29 heavy (non-hydrogen) atoms. The second-order valence-electron chi connectivity index (χ2n) is 6.88. The van der Waals surface area contributed by atoms with Crippen molar-refractivity contribution in [2.45, 2.75) is 38.5 Å². The summed E-state index contributed by atoms with van der Waals surface area (Å²) in [6, 6.07) is 16.1. The van der Waals surface area contributed by atoms with Crippen molar-refractivity contribution in [1.29, 1.82) is 0 Å². The lowest BCUT2D eigenvalue weighted by Gasteiger charge is -2.11. The normalized spacial score (nSPS) is 18.8. The highest BCUT2D eigenvalue weighted by Gasteiger charge is 2.17. The monoisotopic (exact) mass is 394 g/mol. The third kappa shape index (κ3) is 6.17. The molecule has 6 nitrogen and oxygen atoms in total. The van der Waals surface area contributed by atoms with Crippen molar-refractivity contribution in [2.75, 3.05) is 18.6 Å². The zero-order valence-electron chi connectivity index (χ0n) is 16.4. The molecule has 0 atom stereocenters. The third-order valence-electron chi connectivity index (χ3n) is 4.68. The topological polar surface area (TPSA) is 77.0 Å². The van der Waals surface area contributed by atoms with Crippen LogP contribution in [0.3, 0.4) is 0 Å². The highest BCUT2D eigenvalue weighted by atomic mass is 16.5. The molecule has 1 N–H and O–H groups in total. The highest BCUT2D eigenvalue weighted by molar-refractivity contribution is 6.43. The van der Waals surface area contributed by atoms with Gasteiger partial charge < -0.3 is 9.47 Å². The Morgan fingerprint density at radius 1 is 0.690 bits per heavy atom. The van der Waals surface area contributed by atoms with E-state index in [1.807, 2.05) is 18.2 Å². The van der Waals surface area contributed by atoms with Gasteiger partial charge in [-0.3, -0.25) is 5.43 Å². The summed E-state index contributed by atoms with van der Waals surface area (Å²) in [6.45, 7) is 0.760. The fraction of sp³-hybridized carbons (Fsp3) is 0.348. The van der Waals surface area contributed by atoms with E-state index in [0.29, 0.717) is 30.0 Å². The molecule has 0 saturated carbocycles. The zero-order valence-corrected chi connectivity index (χ0v) is 16.4. The van der Waals surface area contributed by atoms with Gasteiger partial charge in [-0.25, -0.2) is 9.59 Å². The highest BCUT2D eigenvalue weighted by Crippen LogP contribution is 2.18. The zero-order chi connectivity index (χ0) is 20.3. The number of nitrogens with one attached hydrogen (secondary N) is 1. The average Bonchev–Trinajstić information content (AvgIpc) is 2.75. The maximum Gasteiger partial charge on any atom is 0.359 e. The standard InChI is InChI=1S/C23H26N2O4/c26-22-19-14-8-9-15-20(19)24-25-21(18-12-6-5-7-13-18)23(27)29-17-11-4-2-1-3-10-16-28-22/h5-9,12-15,24H,1-4,10-11,16-17H2/b25-21-. The molecule has 0 bridgehead atoms. The number of esters is 2. The maximum atomic E-state index is 12.7. The summed E-state index contributed by atoms with van der Waals surface area (Å²) in [6.07, 6.45) is 5.80. The van der Waals surface area contributed by atoms with Crippen molar-refractivity contribution in [3.63, 3.8) is 0 Å². The Kier molecular flexibility index (Phi) is 7.81. The SMILES string of the molecule is O=C1OCCCCCCCCOC(=O)c2ccccc2N/N=C\1c1ccccc1. The molecule has 1 aliphatic heterocycles. The fourth-order valence-electron chi connectivity index (χ4n) is 3.09. The Hall–Kier alpha value is -3.15. The van der Waals surface area contributed by atoms with Crippen molar-refractivity contribution < 1.29 is 19.1 Å². The number of hydrazone groups is 1. The first-order valence-corrected chi connectivity index (χ1v) is 10.1. The van der Waals surface area contributed by atoms with Crippen LogP contribution in [0.25, 0.3) is 0 Å². The minimum atomic E-state index is -0.493. The molecule has 0 aliphatic carbocycles. The molecule has 0 saturated heterocycles. The van der Waals surface area contributed by atoms with Gasteiger partial charge in [0.25, 0.3) is 0 Å². The number of cyclic esters (lactones) is 2. The number of ether oxygens (including phenoxy) is 2. The number of hydrogen-bond acceptors (Lipinski definition) is 6. The number of anilines is 1. The van der Waals surface area contributed by atoms with Gasteiger partial charge in [-0.05, 0) is 25.0 Å². The Morgan fingerprint density at radius 3 is 2.00 bits per heavy atom. The predicted octanol–water partition coefficient (Wildman–Crippen LogP) is 4.56. The van der Waals surface area contributed by atoms with Crippen molar-refractivity contribution >= 4 is 23.3 Å². The molecule has 6 heteroatoms. The van der Waals surface area contributed by atoms with Crippen LogP contribution < -0.4 is 5.43 Å². The summed E-state index contributed by atoms with van der Waals surface area (Å²) < 4.78 is 10.8. The molecule has 0 aromatic heterocycles. The summed E-state index contributed by atoms with van der Waals surface area (Å²) in [5.74, 6) is -0.899. The van der Waals surface area contributed by atoms with Crippen LogP contribution in [0, 0.1) is 0 Å². The van der Waals surface area contributed by atoms with E-state index in [2.05, 4.69) is 10.5 Å². The van der Waals surface area contributed by atoms with Gasteiger partial charge in [0.2, 0.25) is 0 Å². The Labute approximate surface area is 170 Å². The number of benzene rings is 2. The van der Waals surface area contributed by atoms with E-state index in [1.165, 1.54) is 0 Å². The molecule has 0 radical (unpaired) electrons. The van der Waals surface area contributed by atoms with Crippen LogP contribution in [0.1, 0.15) is 54.4 Å². The van der Waals surface area contributed by atoms with Crippen molar-refractivity contribution in [3.05, 3.63) is 65.7 Å². The number of nitrogens with zero attached hydrogens (tertiary/aromatic N) is 1. The van der Waals surface area contributed by atoms with Crippen molar-refractivity contribution in [2.24, 2.45) is 5.10 Å². The lowest BCUT2D eigenvalue weighted by Crippen LogP contribution is -2.21. The number of rotatable bonds is 1. The van der Waals surface area contributed by atoms with Gasteiger partial charge in [-0.15, -0.1) is 0 Å². The predicted molar refractivity (Wildman–Crippen MR) is 112 cm³/mol. The Bertz CT molecular complexity index is 849. The van der Waals surface area contributed by atoms with Crippen LogP contribution >= 0.6 is 0 Å². The summed E-state index contributed by atoms with van der Waals surface area (Å²) >= 11 is 0. The van der Waals surface area contributed by atoms with E-state index in [-0.39, 0.29) is 5.71 Å². The van der Waals surface area contributed by atoms with Crippen LogP contribution in [0.15, 0.2) is 59.7 Å². The molecule has 0 spiro atoms. The van der Waals surface area contributed by atoms with E-state index in [4.69, 9.17) is 9.47 Å². The van der Waals surface area contributed by atoms with Gasteiger partial charge >= 0.3 is 11.9 Å². The Morgan fingerprint density at radius 2 is 1.28 bits per heavy atom. The van der Waals surface area contributed by atoms with Gasteiger partial charge in [-0.1, -0.05) is 68.1 Å². The van der Waals surface area contributed by atoms with Gasteiger partial charge in [0.05, 0.1) is 24.5 Å². The quantitative estimate of drug-likeness (QED) is 0.718. The number of hydrogen-bond donors (Lipinski definition) is 1. The second kappa shape index (κ2) is 11.0. The van der Waals surface area contributed by atoms with Crippen LogP contribution in [-0.4, -0.2) is 30.9 Å². The van der Waals surface area contributed by atoms with Gasteiger partial charge in [0, 0.05) is 5.56 Å². The Balaban J connectivity index is 1.88. The lowest BCUT2D eigenvalue weighted by atomic mass is 10.1. The van der Waals surface area contributed by atoms with E-state index in [1.54, 1.807) is 36.4 Å². The number of carbonyl (C=O) groups excluding carboxylic acids is 2. The van der Waals surface area contributed by atoms with Crippen LogP contribution in [0.4, 0.5) is 5.69 Å². The molecule has 2 aromatic carbocycles. The van der Waals surface area contributed by atoms with Crippen molar-refractivity contribution in [3.8, 4) is 0 Å². The summed E-state index contributed by atoms with van der Waals surface area (Å²) in [5, 5.41) is 4.28. The average molecular weight is 394 g/mol. The molecule has 3 rings (SSSR count). The molecule has 0 unspecified atom stereocenters. The van der Waals surface area contributed by atoms with Crippen LogP contribution in [0.5, 0.6) is 0 Å². The van der Waals surface area contributed by atoms with Crippen LogP contribution in [0.2, 0.25) is 0 Å². The van der Waals surface area contributed by atoms with Gasteiger partial charge in [-0.2, -0.15) is 5.10 Å². The number of carbonyl (C=O) groups is 2. The number of para-hydroxylation sites is 1. The van der Waals surface area contributed by atoms with E-state index in [0.717, 1.165) is 38.5 Å². The molecule has 0 fully saturated rings. The largest absolute Gasteiger partial charge is 0.462 e. The smallest absolute Gasteiger partial charge is 0.359 e. The number of fused-ring (bicyclic) bond motifs is 1. The first-order valence-electron chi connectivity index (χ1n) is 10.1. The molecule has 1 aliphatic rings. The third-order valence-corrected chi connectivity index (χ3v) is 4.68. The minimum absolute atomic E-state index is 0.165. The molecular formula is C23H26N2O4. The minimum Gasteiger partial charge on any atom is -0.462 e. The van der Waals surface area contributed by atoms with Crippen molar-refractivity contribution in [1.82, 2.24) is 0 Å². The van der Waals surface area contributed by atoms with E-state index < -0.39 is 11.9 Å². The molecule has 2 aromatic rings. The van der Waals surface area contributed by atoms with E-state index in [9.17, 15) is 9.59 Å². The van der Waals surface area contributed by atoms with Crippen LogP contribution in [-0.2, 0) is 14.3 Å². The molecule has 152 valence electrons. The fourth-order valence-corrected chi connectivity index (χ4v) is 3.09. The molecular weight excluding hydrogens is 368 g/mol. The van der Waals surface area contributed by atoms with Gasteiger partial charge in [0.1, 0.15) is 0 Å². The maximum absolute atomic E-state index is 12.7. The summed E-state index contributed by atoms with van der Waals surface area (Å²) in [7, 11) is 0. The molecule has 0 amide bonds. The summed E-state index contributed by atoms with van der Waals surface area (Å²) in [5.41, 5.74) is 4.51.